The molecule has 9 heteroatoms. The Kier molecular flexibility index (Phi) is 4.44. The van der Waals surface area contributed by atoms with Crippen LogP contribution in [0.2, 0.25) is 10.0 Å². The third kappa shape index (κ3) is 2.88. The molecule has 0 atom stereocenters. The van der Waals surface area contributed by atoms with E-state index in [4.69, 9.17) is 32.7 Å². The second kappa shape index (κ2) is 6.75. The van der Waals surface area contributed by atoms with Gasteiger partial charge in [0.1, 0.15) is 5.01 Å². The zero-order valence-electron chi connectivity index (χ0n) is 13.7. The van der Waals surface area contributed by atoms with E-state index in [0.29, 0.717) is 37.3 Å². The Labute approximate surface area is 162 Å². The highest BCUT2D eigenvalue weighted by Gasteiger charge is 2.17. The highest BCUT2D eigenvalue weighted by atomic mass is 35.5. The van der Waals surface area contributed by atoms with Gasteiger partial charge in [0.25, 0.3) is 0 Å². The van der Waals surface area contributed by atoms with Crippen molar-refractivity contribution in [1.29, 1.82) is 0 Å². The standard InChI is InChI=1S/C17H12Cl2N4O2S/c1-24-13-6-3-9(7-14(13)25-2)15-20-21-17-23(15)22-16(26-17)11-8-10(18)4-5-12(11)19/h3-8H,1-2H3. The van der Waals surface area contributed by atoms with E-state index in [1.807, 2.05) is 18.2 Å². The third-order valence-corrected chi connectivity index (χ3v) is 5.29. The first kappa shape index (κ1) is 17.1. The van der Waals surface area contributed by atoms with Crippen molar-refractivity contribution in [1.82, 2.24) is 19.8 Å². The largest absolute Gasteiger partial charge is 0.493 e. The maximum absolute atomic E-state index is 6.29. The predicted molar refractivity (Wildman–Crippen MR) is 103 cm³/mol. The van der Waals surface area contributed by atoms with Crippen LogP contribution in [0.1, 0.15) is 0 Å². The van der Waals surface area contributed by atoms with Gasteiger partial charge in [-0.1, -0.05) is 34.5 Å². The average Bonchev–Trinajstić information content (AvgIpc) is 3.23. The summed E-state index contributed by atoms with van der Waals surface area (Å²) in [4.78, 5) is 0.654. The highest BCUT2D eigenvalue weighted by molar-refractivity contribution is 7.19. The van der Waals surface area contributed by atoms with Gasteiger partial charge >= 0.3 is 0 Å². The molecule has 4 rings (SSSR count). The number of nitrogens with zero attached hydrogens (tertiary/aromatic N) is 4. The number of benzene rings is 2. The van der Waals surface area contributed by atoms with Crippen LogP contribution in [0.15, 0.2) is 36.4 Å². The molecule has 2 aromatic heterocycles. The minimum atomic E-state index is 0.576. The number of rotatable bonds is 4. The first-order chi connectivity index (χ1) is 12.6. The van der Waals surface area contributed by atoms with Crippen LogP contribution in [-0.2, 0) is 0 Å². The van der Waals surface area contributed by atoms with Crippen LogP contribution >= 0.6 is 34.5 Å². The molecule has 0 saturated carbocycles. The van der Waals surface area contributed by atoms with E-state index >= 15 is 0 Å². The topological polar surface area (TPSA) is 61.5 Å². The first-order valence-corrected chi connectivity index (χ1v) is 9.08. The van der Waals surface area contributed by atoms with Gasteiger partial charge in [-0.3, -0.25) is 0 Å². The average molecular weight is 407 g/mol. The Hall–Kier alpha value is -2.35. The van der Waals surface area contributed by atoms with Crippen LogP contribution in [0.3, 0.4) is 0 Å². The fourth-order valence-electron chi connectivity index (χ4n) is 2.54. The summed E-state index contributed by atoms with van der Waals surface area (Å²) in [7, 11) is 3.18. The molecule has 0 N–H and O–H groups in total. The number of hydrogen-bond acceptors (Lipinski definition) is 6. The van der Waals surface area contributed by atoms with Crippen LogP contribution in [-0.4, -0.2) is 34.0 Å². The summed E-state index contributed by atoms with van der Waals surface area (Å²) < 4.78 is 12.3. The molecular formula is C17H12Cl2N4O2S. The van der Waals surface area contributed by atoms with Crippen molar-refractivity contribution >= 4 is 39.5 Å². The highest BCUT2D eigenvalue weighted by Crippen LogP contribution is 2.36. The summed E-state index contributed by atoms with van der Waals surface area (Å²) in [6.45, 7) is 0. The molecule has 132 valence electrons. The van der Waals surface area contributed by atoms with Crippen LogP contribution in [0.25, 0.3) is 26.9 Å². The number of halogens is 2. The summed E-state index contributed by atoms with van der Waals surface area (Å²) in [5.74, 6) is 1.85. The van der Waals surface area contributed by atoms with Crippen molar-refractivity contribution in [2.24, 2.45) is 0 Å². The quantitative estimate of drug-likeness (QED) is 0.484. The van der Waals surface area contributed by atoms with Gasteiger partial charge in [0.05, 0.1) is 19.2 Å². The zero-order chi connectivity index (χ0) is 18.3. The van der Waals surface area contributed by atoms with E-state index in [1.54, 1.807) is 36.9 Å². The Bertz CT molecular complexity index is 1110. The Morgan fingerprint density at radius 2 is 1.77 bits per heavy atom. The number of ether oxygens (including phenoxy) is 2. The maximum Gasteiger partial charge on any atom is 0.235 e. The lowest BCUT2D eigenvalue weighted by Crippen LogP contribution is -1.94. The van der Waals surface area contributed by atoms with Crippen molar-refractivity contribution in [3.05, 3.63) is 46.4 Å². The van der Waals surface area contributed by atoms with E-state index in [2.05, 4.69) is 15.3 Å². The van der Waals surface area contributed by atoms with Gasteiger partial charge in [-0.05, 0) is 36.4 Å². The van der Waals surface area contributed by atoms with Crippen molar-refractivity contribution < 1.29 is 9.47 Å². The molecule has 0 aliphatic rings. The molecule has 2 heterocycles. The lowest BCUT2D eigenvalue weighted by atomic mass is 10.2. The van der Waals surface area contributed by atoms with Gasteiger partial charge in [0.15, 0.2) is 17.3 Å². The van der Waals surface area contributed by atoms with Gasteiger partial charge in [0, 0.05) is 16.1 Å². The molecule has 0 bridgehead atoms. The normalized spacial score (nSPS) is 11.1. The second-order valence-corrected chi connectivity index (χ2v) is 7.12. The van der Waals surface area contributed by atoms with Gasteiger partial charge in [-0.25, -0.2) is 0 Å². The predicted octanol–water partition coefficient (Wildman–Crippen LogP) is 4.84. The molecule has 0 spiro atoms. The Balaban J connectivity index is 1.83. The molecule has 0 fully saturated rings. The van der Waals surface area contributed by atoms with Crippen molar-refractivity contribution in [2.75, 3.05) is 14.2 Å². The van der Waals surface area contributed by atoms with E-state index in [1.165, 1.54) is 11.3 Å². The molecule has 26 heavy (non-hydrogen) atoms. The second-order valence-electron chi connectivity index (χ2n) is 5.32. The summed E-state index contributed by atoms with van der Waals surface area (Å²) in [5, 5.41) is 14.9. The smallest absolute Gasteiger partial charge is 0.235 e. The number of aromatic nitrogens is 4. The van der Waals surface area contributed by atoms with Gasteiger partial charge in [-0.15, -0.1) is 10.2 Å². The molecule has 0 saturated heterocycles. The lowest BCUT2D eigenvalue weighted by Gasteiger charge is -2.08. The molecular weight excluding hydrogens is 395 g/mol. The fraction of sp³-hybridized carbons (Fsp3) is 0.118. The number of fused-ring (bicyclic) bond motifs is 1. The van der Waals surface area contributed by atoms with E-state index < -0.39 is 0 Å². The molecule has 0 aliphatic heterocycles. The molecule has 0 radical (unpaired) electrons. The van der Waals surface area contributed by atoms with E-state index in [9.17, 15) is 0 Å². The van der Waals surface area contributed by atoms with Crippen molar-refractivity contribution in [3.63, 3.8) is 0 Å². The van der Waals surface area contributed by atoms with Crippen molar-refractivity contribution in [3.8, 4) is 33.5 Å². The summed E-state index contributed by atoms with van der Waals surface area (Å²) in [6, 6.07) is 10.8. The minimum absolute atomic E-state index is 0.576. The molecule has 0 amide bonds. The SMILES string of the molecule is COc1ccc(-c2nnc3sc(-c4cc(Cl)ccc4Cl)nn23)cc1OC. The van der Waals surface area contributed by atoms with E-state index in [-0.39, 0.29) is 0 Å². The third-order valence-electron chi connectivity index (χ3n) is 3.79. The Morgan fingerprint density at radius 3 is 2.54 bits per heavy atom. The first-order valence-electron chi connectivity index (χ1n) is 7.51. The maximum atomic E-state index is 6.29. The van der Waals surface area contributed by atoms with Crippen molar-refractivity contribution in [2.45, 2.75) is 0 Å². The van der Waals surface area contributed by atoms with Gasteiger partial charge < -0.3 is 9.47 Å². The van der Waals surface area contributed by atoms with Crippen LogP contribution in [0.5, 0.6) is 11.5 Å². The molecule has 2 aromatic carbocycles. The molecule has 0 unspecified atom stereocenters. The monoisotopic (exact) mass is 406 g/mol. The number of methoxy groups -OCH3 is 2. The summed E-state index contributed by atoms with van der Waals surface area (Å²) in [6.07, 6.45) is 0. The zero-order valence-corrected chi connectivity index (χ0v) is 16.1. The van der Waals surface area contributed by atoms with E-state index in [0.717, 1.165) is 11.1 Å². The van der Waals surface area contributed by atoms with Crippen LogP contribution in [0.4, 0.5) is 0 Å². The molecule has 0 aliphatic carbocycles. The van der Waals surface area contributed by atoms with Gasteiger partial charge in [-0.2, -0.15) is 9.61 Å². The fourth-order valence-corrected chi connectivity index (χ4v) is 3.85. The summed E-state index contributed by atoms with van der Waals surface area (Å²) >= 11 is 13.8. The van der Waals surface area contributed by atoms with Crippen LogP contribution < -0.4 is 9.47 Å². The van der Waals surface area contributed by atoms with Crippen LogP contribution in [0, 0.1) is 0 Å². The molecule has 6 nitrogen and oxygen atoms in total. The number of hydrogen-bond donors (Lipinski definition) is 0. The summed E-state index contributed by atoms with van der Waals surface area (Å²) in [5.41, 5.74) is 1.57. The minimum Gasteiger partial charge on any atom is -0.493 e. The Morgan fingerprint density at radius 1 is 0.962 bits per heavy atom. The molecule has 4 aromatic rings. The van der Waals surface area contributed by atoms with Gasteiger partial charge in [0.2, 0.25) is 4.96 Å². The lowest BCUT2D eigenvalue weighted by molar-refractivity contribution is 0.355.